The van der Waals surface area contributed by atoms with E-state index in [-0.39, 0.29) is 23.2 Å². The van der Waals surface area contributed by atoms with Crippen LogP contribution < -0.4 is 10.1 Å². The van der Waals surface area contributed by atoms with E-state index in [4.69, 9.17) is 9.84 Å². The Labute approximate surface area is 151 Å². The molecule has 0 fully saturated rings. The highest BCUT2D eigenvalue weighted by Crippen LogP contribution is 2.21. The topological polar surface area (TPSA) is 75.6 Å². The molecular weight excluding hydrogens is 337 g/mol. The Hall–Kier alpha value is -2.89. The van der Waals surface area contributed by atoms with Gasteiger partial charge in [0, 0.05) is 12.5 Å². The van der Waals surface area contributed by atoms with Crippen LogP contribution in [0.5, 0.6) is 5.75 Å². The molecule has 0 aliphatic carbocycles. The third kappa shape index (κ3) is 5.05. The zero-order valence-electron chi connectivity index (χ0n) is 14.8. The third-order valence-electron chi connectivity index (χ3n) is 4.16. The molecule has 0 bridgehead atoms. The van der Waals surface area contributed by atoms with Gasteiger partial charge in [-0.25, -0.2) is 9.18 Å². The zero-order valence-corrected chi connectivity index (χ0v) is 14.8. The van der Waals surface area contributed by atoms with Crippen molar-refractivity contribution in [2.24, 2.45) is 5.92 Å². The fourth-order valence-corrected chi connectivity index (χ4v) is 2.67. The molecule has 2 aromatic rings. The van der Waals surface area contributed by atoms with Crippen LogP contribution in [-0.4, -0.2) is 30.6 Å². The highest BCUT2D eigenvalue weighted by Gasteiger charge is 2.15. The first kappa shape index (κ1) is 19.4. The van der Waals surface area contributed by atoms with E-state index in [0.717, 1.165) is 5.56 Å². The predicted octanol–water partition coefficient (Wildman–Crippen LogP) is 3.07. The number of nitrogens with one attached hydrogen (secondary N) is 1. The molecule has 26 heavy (non-hydrogen) atoms. The van der Waals surface area contributed by atoms with Gasteiger partial charge in [0.15, 0.2) is 0 Å². The molecule has 1 amide bonds. The van der Waals surface area contributed by atoms with Gasteiger partial charge in [-0.2, -0.15) is 0 Å². The van der Waals surface area contributed by atoms with E-state index in [0.29, 0.717) is 30.7 Å². The number of carbonyl (C=O) groups excluding carboxylic acids is 1. The highest BCUT2D eigenvalue weighted by atomic mass is 19.1. The van der Waals surface area contributed by atoms with Gasteiger partial charge < -0.3 is 15.2 Å². The second-order valence-electron chi connectivity index (χ2n) is 6.07. The summed E-state index contributed by atoms with van der Waals surface area (Å²) >= 11 is 0. The maximum absolute atomic E-state index is 13.7. The van der Waals surface area contributed by atoms with Crippen molar-refractivity contribution in [3.05, 3.63) is 65.0 Å². The Balaban J connectivity index is 1.90. The first-order chi connectivity index (χ1) is 12.4. The average molecular weight is 359 g/mol. The second-order valence-corrected chi connectivity index (χ2v) is 6.07. The SMILES string of the molecule is COc1cc(C(=O)O)ccc1CCNC(=O)C(C)Cc1ccccc1F. The van der Waals surface area contributed by atoms with Gasteiger partial charge in [-0.1, -0.05) is 31.2 Å². The van der Waals surface area contributed by atoms with E-state index in [1.807, 2.05) is 0 Å². The lowest BCUT2D eigenvalue weighted by Gasteiger charge is -2.14. The smallest absolute Gasteiger partial charge is 0.335 e. The zero-order chi connectivity index (χ0) is 19.1. The van der Waals surface area contributed by atoms with Gasteiger partial charge in [0.05, 0.1) is 12.7 Å². The van der Waals surface area contributed by atoms with Crippen LogP contribution in [0.1, 0.15) is 28.4 Å². The molecule has 0 radical (unpaired) electrons. The average Bonchev–Trinajstić information content (AvgIpc) is 2.63. The molecule has 6 heteroatoms. The van der Waals surface area contributed by atoms with Crippen molar-refractivity contribution in [2.45, 2.75) is 19.8 Å². The van der Waals surface area contributed by atoms with Gasteiger partial charge in [-0.15, -0.1) is 0 Å². The quantitative estimate of drug-likeness (QED) is 0.760. The molecule has 2 N–H and O–H groups in total. The lowest BCUT2D eigenvalue weighted by Crippen LogP contribution is -2.32. The number of rotatable bonds is 8. The molecule has 0 saturated carbocycles. The molecule has 2 rings (SSSR count). The van der Waals surface area contributed by atoms with Crippen LogP contribution in [0, 0.1) is 11.7 Å². The number of amides is 1. The van der Waals surface area contributed by atoms with Gasteiger partial charge in [-0.3, -0.25) is 4.79 Å². The van der Waals surface area contributed by atoms with Crippen LogP contribution in [0.25, 0.3) is 0 Å². The Morgan fingerprint density at radius 1 is 1.19 bits per heavy atom. The van der Waals surface area contributed by atoms with Crippen molar-refractivity contribution in [3.63, 3.8) is 0 Å². The number of carboxylic acid groups (broad SMARTS) is 1. The molecule has 0 aliphatic heterocycles. The van der Waals surface area contributed by atoms with Gasteiger partial charge in [0.25, 0.3) is 0 Å². The minimum Gasteiger partial charge on any atom is -0.496 e. The summed E-state index contributed by atoms with van der Waals surface area (Å²) in [7, 11) is 1.47. The minimum atomic E-state index is -1.02. The summed E-state index contributed by atoms with van der Waals surface area (Å²) < 4.78 is 18.9. The third-order valence-corrected chi connectivity index (χ3v) is 4.16. The molecule has 2 aromatic carbocycles. The van der Waals surface area contributed by atoms with E-state index in [2.05, 4.69) is 5.32 Å². The first-order valence-electron chi connectivity index (χ1n) is 8.33. The van der Waals surface area contributed by atoms with Crippen LogP contribution in [0.4, 0.5) is 4.39 Å². The Bertz CT molecular complexity index is 791. The van der Waals surface area contributed by atoms with E-state index in [1.165, 1.54) is 25.3 Å². The van der Waals surface area contributed by atoms with Crippen molar-refractivity contribution in [1.29, 1.82) is 0 Å². The lowest BCUT2D eigenvalue weighted by atomic mass is 10.00. The standard InChI is InChI=1S/C20H22FNO4/c1-13(11-15-5-3-4-6-17(15)21)19(23)22-10-9-14-7-8-16(20(24)25)12-18(14)26-2/h3-8,12-13H,9-11H2,1-2H3,(H,22,23)(H,24,25). The summed E-state index contributed by atoms with van der Waals surface area (Å²) in [6.07, 6.45) is 0.830. The molecule has 0 aromatic heterocycles. The molecule has 0 aliphatic rings. The number of benzene rings is 2. The van der Waals surface area contributed by atoms with Crippen LogP contribution in [0.2, 0.25) is 0 Å². The maximum atomic E-state index is 13.7. The Morgan fingerprint density at radius 2 is 1.92 bits per heavy atom. The summed E-state index contributed by atoms with van der Waals surface area (Å²) in [5, 5.41) is 11.8. The van der Waals surface area contributed by atoms with E-state index in [9.17, 15) is 14.0 Å². The van der Waals surface area contributed by atoms with Crippen molar-refractivity contribution in [3.8, 4) is 5.75 Å². The van der Waals surface area contributed by atoms with E-state index in [1.54, 1.807) is 31.2 Å². The fraction of sp³-hybridized carbons (Fsp3) is 0.300. The first-order valence-corrected chi connectivity index (χ1v) is 8.33. The number of aromatic carboxylic acids is 1. The fourth-order valence-electron chi connectivity index (χ4n) is 2.67. The number of carboxylic acids is 1. The molecular formula is C20H22FNO4. The molecule has 138 valence electrons. The van der Waals surface area contributed by atoms with Gasteiger partial charge in [0.1, 0.15) is 11.6 Å². The molecule has 1 unspecified atom stereocenters. The van der Waals surface area contributed by atoms with Crippen LogP contribution in [0.3, 0.4) is 0 Å². The van der Waals surface area contributed by atoms with Crippen molar-refractivity contribution >= 4 is 11.9 Å². The highest BCUT2D eigenvalue weighted by molar-refractivity contribution is 5.88. The van der Waals surface area contributed by atoms with Gasteiger partial charge in [0.2, 0.25) is 5.91 Å². The number of halogens is 1. The maximum Gasteiger partial charge on any atom is 0.335 e. The number of hydrogen-bond acceptors (Lipinski definition) is 3. The summed E-state index contributed by atoms with van der Waals surface area (Å²) in [6, 6.07) is 11.1. The predicted molar refractivity (Wildman–Crippen MR) is 95.9 cm³/mol. The number of hydrogen-bond donors (Lipinski definition) is 2. The molecule has 0 heterocycles. The Kier molecular flexibility index (Phi) is 6.72. The number of methoxy groups -OCH3 is 1. The van der Waals surface area contributed by atoms with Crippen molar-refractivity contribution in [2.75, 3.05) is 13.7 Å². The number of ether oxygens (including phenoxy) is 1. The Morgan fingerprint density at radius 3 is 2.58 bits per heavy atom. The largest absolute Gasteiger partial charge is 0.496 e. The minimum absolute atomic E-state index is 0.146. The van der Waals surface area contributed by atoms with Crippen LogP contribution in [0.15, 0.2) is 42.5 Å². The molecule has 0 spiro atoms. The molecule has 0 saturated heterocycles. The number of carbonyl (C=O) groups is 2. The van der Waals surface area contributed by atoms with Crippen LogP contribution in [-0.2, 0) is 17.6 Å². The molecule has 1 atom stereocenters. The van der Waals surface area contributed by atoms with E-state index < -0.39 is 5.97 Å². The van der Waals surface area contributed by atoms with Crippen LogP contribution >= 0.6 is 0 Å². The normalized spacial score (nSPS) is 11.7. The summed E-state index contributed by atoms with van der Waals surface area (Å²) in [5.74, 6) is -1.38. The monoisotopic (exact) mass is 359 g/mol. The summed E-state index contributed by atoms with van der Waals surface area (Å²) in [4.78, 5) is 23.2. The molecule has 5 nitrogen and oxygen atoms in total. The van der Waals surface area contributed by atoms with Gasteiger partial charge in [-0.05, 0) is 42.2 Å². The summed E-state index contributed by atoms with van der Waals surface area (Å²) in [6.45, 7) is 2.13. The van der Waals surface area contributed by atoms with Crippen molar-refractivity contribution in [1.82, 2.24) is 5.32 Å². The van der Waals surface area contributed by atoms with Gasteiger partial charge >= 0.3 is 5.97 Å². The van der Waals surface area contributed by atoms with Crippen molar-refractivity contribution < 1.29 is 23.8 Å². The van der Waals surface area contributed by atoms with E-state index >= 15 is 0 Å². The summed E-state index contributed by atoms with van der Waals surface area (Å²) in [5.41, 5.74) is 1.47. The lowest BCUT2D eigenvalue weighted by molar-refractivity contribution is -0.124. The second kappa shape index (κ2) is 8.99.